The molecule has 0 aromatic heterocycles. The van der Waals surface area contributed by atoms with Gasteiger partial charge in [-0.1, -0.05) is 17.7 Å². The molecule has 0 saturated heterocycles. The summed E-state index contributed by atoms with van der Waals surface area (Å²) in [6, 6.07) is 5.86. The molecule has 3 amide bonds. The number of fused-ring (bicyclic) bond motifs is 1. The number of rotatable bonds is 3. The van der Waals surface area contributed by atoms with Gasteiger partial charge in [-0.2, -0.15) is 0 Å². The number of hydrogen-bond acceptors (Lipinski definition) is 3. The van der Waals surface area contributed by atoms with Crippen molar-refractivity contribution in [2.45, 2.75) is 39.7 Å². The molecule has 0 spiro atoms. The first-order chi connectivity index (χ1) is 9.95. The average molecular weight is 289 g/mol. The third-order valence-electron chi connectivity index (χ3n) is 3.46. The van der Waals surface area contributed by atoms with E-state index in [1.165, 1.54) is 11.1 Å². The smallest absolute Gasteiger partial charge is 0.321 e. The number of hydrogen-bond donors (Lipinski definition) is 2. The van der Waals surface area contributed by atoms with Gasteiger partial charge in [0.1, 0.15) is 0 Å². The van der Waals surface area contributed by atoms with Gasteiger partial charge in [-0.25, -0.2) is 4.79 Å². The normalized spacial score (nSPS) is 13.8. The van der Waals surface area contributed by atoms with Crippen LogP contribution in [0.2, 0.25) is 0 Å². The number of carbonyl (C=O) groups excluding carboxylic acids is 2. The predicted octanol–water partition coefficient (Wildman–Crippen LogP) is 1.98. The molecule has 0 radical (unpaired) electrons. The van der Waals surface area contributed by atoms with Gasteiger partial charge in [0.15, 0.2) is 0 Å². The van der Waals surface area contributed by atoms with Crippen molar-refractivity contribution in [1.82, 2.24) is 10.6 Å². The first-order valence-corrected chi connectivity index (χ1v) is 7.40. The van der Waals surface area contributed by atoms with Crippen LogP contribution in [0.25, 0.3) is 0 Å². The van der Waals surface area contributed by atoms with Crippen LogP contribution < -0.4 is 15.5 Å². The van der Waals surface area contributed by atoms with E-state index in [9.17, 15) is 9.59 Å². The van der Waals surface area contributed by atoms with E-state index < -0.39 is 6.03 Å². The van der Waals surface area contributed by atoms with Crippen LogP contribution in [0.1, 0.15) is 31.4 Å². The number of carbonyl (C=O) groups is 2. The van der Waals surface area contributed by atoms with Crippen molar-refractivity contribution in [3.63, 3.8) is 0 Å². The number of nitrogens with zero attached hydrogens (tertiary/aromatic N) is 1. The Hall–Kier alpha value is -2.04. The summed E-state index contributed by atoms with van der Waals surface area (Å²) in [4.78, 5) is 25.5. The van der Waals surface area contributed by atoms with Crippen LogP contribution in [0.4, 0.5) is 10.5 Å². The zero-order valence-electron chi connectivity index (χ0n) is 12.9. The largest absolute Gasteiger partial charge is 0.362 e. The van der Waals surface area contributed by atoms with Crippen LogP contribution in [0.5, 0.6) is 0 Å². The molecule has 0 fully saturated rings. The summed E-state index contributed by atoms with van der Waals surface area (Å²) in [5, 5.41) is 5.02. The van der Waals surface area contributed by atoms with Gasteiger partial charge in [-0.05, 0) is 45.2 Å². The molecule has 0 aliphatic carbocycles. The van der Waals surface area contributed by atoms with Gasteiger partial charge in [0.2, 0.25) is 5.91 Å². The molecule has 1 aromatic rings. The van der Waals surface area contributed by atoms with Crippen LogP contribution >= 0.6 is 0 Å². The Balaban J connectivity index is 1.98. The molecule has 114 valence electrons. The highest BCUT2D eigenvalue weighted by atomic mass is 16.2. The van der Waals surface area contributed by atoms with Gasteiger partial charge >= 0.3 is 6.03 Å². The highest BCUT2D eigenvalue weighted by Crippen LogP contribution is 2.27. The van der Waals surface area contributed by atoms with Crippen LogP contribution in [-0.4, -0.2) is 31.1 Å². The molecule has 1 aliphatic rings. The molecule has 0 atom stereocenters. The van der Waals surface area contributed by atoms with Crippen LogP contribution in [-0.2, 0) is 11.2 Å². The molecule has 1 heterocycles. The Morgan fingerprint density at radius 3 is 2.81 bits per heavy atom. The summed E-state index contributed by atoms with van der Waals surface area (Å²) in [6.45, 7) is 6.83. The minimum absolute atomic E-state index is 0.0106. The molecule has 0 bridgehead atoms. The molecule has 2 rings (SSSR count). The Labute approximate surface area is 125 Å². The SMILES string of the molecule is Cc1ccc2c(c1)CCCN2CC(=O)NC(=O)NC(C)C. The fourth-order valence-corrected chi connectivity index (χ4v) is 2.61. The molecular formula is C16H23N3O2. The quantitative estimate of drug-likeness (QED) is 0.894. The molecule has 21 heavy (non-hydrogen) atoms. The topological polar surface area (TPSA) is 61.4 Å². The average Bonchev–Trinajstić information content (AvgIpc) is 2.37. The predicted molar refractivity (Wildman–Crippen MR) is 83.5 cm³/mol. The van der Waals surface area contributed by atoms with E-state index in [0.717, 1.165) is 25.1 Å². The van der Waals surface area contributed by atoms with Crippen molar-refractivity contribution in [2.24, 2.45) is 0 Å². The van der Waals surface area contributed by atoms with Gasteiger partial charge in [0.25, 0.3) is 0 Å². The molecule has 0 saturated carbocycles. The fraction of sp³-hybridized carbons (Fsp3) is 0.500. The minimum atomic E-state index is -0.434. The summed E-state index contributed by atoms with van der Waals surface area (Å²) in [7, 11) is 0. The summed E-state index contributed by atoms with van der Waals surface area (Å²) in [5.74, 6) is -0.276. The van der Waals surface area contributed by atoms with Crippen LogP contribution in [0.15, 0.2) is 18.2 Å². The van der Waals surface area contributed by atoms with E-state index in [0.29, 0.717) is 0 Å². The lowest BCUT2D eigenvalue weighted by molar-refractivity contribution is -0.118. The number of imide groups is 1. The van der Waals surface area contributed by atoms with Crippen LogP contribution in [0.3, 0.4) is 0 Å². The zero-order chi connectivity index (χ0) is 15.4. The number of benzene rings is 1. The molecule has 1 aromatic carbocycles. The van der Waals surface area contributed by atoms with Crippen molar-refractivity contribution in [1.29, 1.82) is 0 Å². The number of nitrogens with one attached hydrogen (secondary N) is 2. The lowest BCUT2D eigenvalue weighted by atomic mass is 9.99. The first-order valence-electron chi connectivity index (χ1n) is 7.40. The zero-order valence-corrected chi connectivity index (χ0v) is 12.9. The number of aryl methyl sites for hydroxylation is 2. The number of anilines is 1. The molecule has 1 aliphatic heterocycles. The fourth-order valence-electron chi connectivity index (χ4n) is 2.61. The Morgan fingerprint density at radius 2 is 2.10 bits per heavy atom. The summed E-state index contributed by atoms with van der Waals surface area (Å²) < 4.78 is 0. The maximum Gasteiger partial charge on any atom is 0.321 e. The van der Waals surface area contributed by atoms with E-state index in [1.54, 1.807) is 0 Å². The van der Waals surface area contributed by atoms with Gasteiger partial charge < -0.3 is 10.2 Å². The van der Waals surface area contributed by atoms with E-state index in [1.807, 2.05) is 18.7 Å². The van der Waals surface area contributed by atoms with E-state index in [-0.39, 0.29) is 18.5 Å². The maximum absolute atomic E-state index is 12.0. The van der Waals surface area contributed by atoms with E-state index in [2.05, 4.69) is 35.8 Å². The maximum atomic E-state index is 12.0. The van der Waals surface area contributed by atoms with Crippen molar-refractivity contribution >= 4 is 17.6 Å². The lowest BCUT2D eigenvalue weighted by Crippen LogP contribution is -2.47. The second-order valence-electron chi connectivity index (χ2n) is 5.83. The minimum Gasteiger partial charge on any atom is -0.362 e. The standard InChI is InChI=1S/C16H23N3O2/c1-11(2)17-16(21)18-15(20)10-19-8-4-5-13-9-12(3)6-7-14(13)19/h6-7,9,11H,4-5,8,10H2,1-3H3,(H2,17,18,20,21). The van der Waals surface area contributed by atoms with Crippen molar-refractivity contribution < 1.29 is 9.59 Å². The Kier molecular flexibility index (Phi) is 4.83. The molecule has 5 heteroatoms. The first kappa shape index (κ1) is 15.4. The van der Waals surface area contributed by atoms with Gasteiger partial charge in [-0.15, -0.1) is 0 Å². The Bertz CT molecular complexity index is 540. The second-order valence-corrected chi connectivity index (χ2v) is 5.83. The molecule has 2 N–H and O–H groups in total. The Morgan fingerprint density at radius 1 is 1.33 bits per heavy atom. The number of amides is 3. The van der Waals surface area contributed by atoms with Gasteiger partial charge in [0.05, 0.1) is 6.54 Å². The van der Waals surface area contributed by atoms with Crippen molar-refractivity contribution in [3.05, 3.63) is 29.3 Å². The molecule has 5 nitrogen and oxygen atoms in total. The highest BCUT2D eigenvalue weighted by molar-refractivity contribution is 5.96. The van der Waals surface area contributed by atoms with E-state index >= 15 is 0 Å². The van der Waals surface area contributed by atoms with E-state index in [4.69, 9.17) is 0 Å². The van der Waals surface area contributed by atoms with Gasteiger partial charge in [0, 0.05) is 18.3 Å². The number of urea groups is 1. The highest BCUT2D eigenvalue weighted by Gasteiger charge is 2.20. The van der Waals surface area contributed by atoms with Gasteiger partial charge in [-0.3, -0.25) is 10.1 Å². The third kappa shape index (κ3) is 4.21. The van der Waals surface area contributed by atoms with Crippen molar-refractivity contribution in [2.75, 3.05) is 18.0 Å². The summed E-state index contributed by atoms with van der Waals surface area (Å²) >= 11 is 0. The molecular weight excluding hydrogens is 266 g/mol. The third-order valence-corrected chi connectivity index (χ3v) is 3.46. The molecule has 0 unspecified atom stereocenters. The van der Waals surface area contributed by atoms with Crippen LogP contribution in [0, 0.1) is 6.92 Å². The second kappa shape index (κ2) is 6.61. The summed E-state index contributed by atoms with van der Waals surface area (Å²) in [6.07, 6.45) is 2.07. The monoisotopic (exact) mass is 289 g/mol. The lowest BCUT2D eigenvalue weighted by Gasteiger charge is -2.31. The van der Waals surface area contributed by atoms with Crippen molar-refractivity contribution in [3.8, 4) is 0 Å². The summed E-state index contributed by atoms with van der Waals surface area (Å²) in [5.41, 5.74) is 3.61.